The van der Waals surface area contributed by atoms with Gasteiger partial charge in [0.1, 0.15) is 30.0 Å². The van der Waals surface area contributed by atoms with Gasteiger partial charge in [0.05, 0.1) is 11.1 Å². The second kappa shape index (κ2) is 13.3. The summed E-state index contributed by atoms with van der Waals surface area (Å²) < 4.78 is 12.2. The molecule has 1 aliphatic rings. The topological polar surface area (TPSA) is 125 Å². The van der Waals surface area contributed by atoms with E-state index in [-0.39, 0.29) is 18.5 Å². The lowest BCUT2D eigenvalue weighted by molar-refractivity contribution is 0.0745. The van der Waals surface area contributed by atoms with Crippen molar-refractivity contribution in [1.29, 1.82) is 0 Å². The van der Waals surface area contributed by atoms with E-state index in [0.717, 1.165) is 31.5 Å². The Hall–Kier alpha value is -3.89. The SMILES string of the molecule is CCNC(=O)Nc1ccc(Oc2ccnc3cc(OC[C@H](O)CN4CCCC4)c(C(=O)NCC)cc23)cc1C. The van der Waals surface area contributed by atoms with Gasteiger partial charge in [0.25, 0.3) is 5.91 Å². The van der Waals surface area contributed by atoms with Crippen LogP contribution in [0.25, 0.3) is 10.9 Å². The van der Waals surface area contributed by atoms with E-state index in [1.165, 1.54) is 0 Å². The summed E-state index contributed by atoms with van der Waals surface area (Å²) in [5.74, 6) is 1.17. The largest absolute Gasteiger partial charge is 0.490 e. The van der Waals surface area contributed by atoms with Crippen LogP contribution in [0.3, 0.4) is 0 Å². The number of β-amino-alcohol motifs (C(OH)–C–C–N with tert-alkyl or cyclic N) is 1. The number of nitrogens with one attached hydrogen (secondary N) is 3. The van der Waals surface area contributed by atoms with Crippen molar-refractivity contribution in [2.75, 3.05) is 44.6 Å². The van der Waals surface area contributed by atoms with Gasteiger partial charge in [0, 0.05) is 43.0 Å². The van der Waals surface area contributed by atoms with Crippen LogP contribution in [-0.4, -0.2) is 72.4 Å². The Morgan fingerprint density at radius 1 is 1.05 bits per heavy atom. The number of hydrogen-bond acceptors (Lipinski definition) is 7. The Morgan fingerprint density at radius 2 is 1.82 bits per heavy atom. The Balaban J connectivity index is 1.57. The van der Waals surface area contributed by atoms with Crippen LogP contribution in [0.15, 0.2) is 42.6 Å². The Morgan fingerprint density at radius 3 is 2.54 bits per heavy atom. The molecule has 39 heavy (non-hydrogen) atoms. The van der Waals surface area contributed by atoms with E-state index < -0.39 is 6.10 Å². The molecule has 3 aromatic rings. The molecule has 2 heterocycles. The Kier molecular flexibility index (Phi) is 9.56. The Labute approximate surface area is 228 Å². The predicted molar refractivity (Wildman–Crippen MR) is 151 cm³/mol. The molecule has 0 spiro atoms. The third-order valence-corrected chi connectivity index (χ3v) is 6.49. The first-order valence-corrected chi connectivity index (χ1v) is 13.5. The molecule has 10 heteroatoms. The van der Waals surface area contributed by atoms with Gasteiger partial charge in [-0.3, -0.25) is 9.78 Å². The number of likely N-dealkylation sites (tertiary alicyclic amines) is 1. The van der Waals surface area contributed by atoms with Crippen molar-refractivity contribution in [3.63, 3.8) is 0 Å². The van der Waals surface area contributed by atoms with Gasteiger partial charge in [-0.2, -0.15) is 0 Å². The maximum atomic E-state index is 13.0. The molecule has 1 aliphatic heterocycles. The lowest BCUT2D eigenvalue weighted by Crippen LogP contribution is -2.34. The minimum Gasteiger partial charge on any atom is -0.490 e. The molecule has 208 valence electrons. The van der Waals surface area contributed by atoms with Crippen LogP contribution in [0.4, 0.5) is 10.5 Å². The number of nitrogens with zero attached hydrogens (tertiary/aromatic N) is 2. The molecule has 0 unspecified atom stereocenters. The predicted octanol–water partition coefficient (Wildman–Crippen LogP) is 4.06. The summed E-state index contributed by atoms with van der Waals surface area (Å²) in [4.78, 5) is 31.5. The van der Waals surface area contributed by atoms with E-state index in [0.29, 0.717) is 59.0 Å². The van der Waals surface area contributed by atoms with E-state index in [2.05, 4.69) is 25.8 Å². The average molecular weight is 536 g/mol. The van der Waals surface area contributed by atoms with Gasteiger partial charge in [-0.25, -0.2) is 4.79 Å². The van der Waals surface area contributed by atoms with E-state index in [1.54, 1.807) is 36.5 Å². The van der Waals surface area contributed by atoms with Crippen molar-refractivity contribution in [3.05, 3.63) is 53.7 Å². The third kappa shape index (κ3) is 7.36. The fourth-order valence-corrected chi connectivity index (χ4v) is 4.59. The quantitative estimate of drug-likeness (QED) is 0.292. The maximum Gasteiger partial charge on any atom is 0.319 e. The molecule has 0 aliphatic carbocycles. The number of fused-ring (bicyclic) bond motifs is 1. The van der Waals surface area contributed by atoms with Crippen molar-refractivity contribution < 1.29 is 24.2 Å². The number of pyridine rings is 1. The molecule has 1 saturated heterocycles. The highest BCUT2D eigenvalue weighted by Gasteiger charge is 2.20. The van der Waals surface area contributed by atoms with Crippen LogP contribution in [0.1, 0.15) is 42.6 Å². The van der Waals surface area contributed by atoms with Crippen molar-refractivity contribution >= 4 is 28.5 Å². The first kappa shape index (κ1) is 28.1. The zero-order chi connectivity index (χ0) is 27.8. The number of aliphatic hydroxyl groups is 1. The lowest BCUT2D eigenvalue weighted by Gasteiger charge is -2.20. The molecule has 0 radical (unpaired) electrons. The number of amides is 3. The molecule has 10 nitrogen and oxygen atoms in total. The van der Waals surface area contributed by atoms with Crippen LogP contribution < -0.4 is 25.4 Å². The van der Waals surface area contributed by atoms with E-state index >= 15 is 0 Å². The van der Waals surface area contributed by atoms with Crippen molar-refractivity contribution in [3.8, 4) is 17.2 Å². The minimum absolute atomic E-state index is 0.0700. The summed E-state index contributed by atoms with van der Waals surface area (Å²) in [5.41, 5.74) is 2.45. The summed E-state index contributed by atoms with van der Waals surface area (Å²) in [5, 5.41) is 19.5. The molecular formula is C29H37N5O5. The molecule has 0 bridgehead atoms. The average Bonchev–Trinajstić information content (AvgIpc) is 3.42. The van der Waals surface area contributed by atoms with Crippen LogP contribution in [0, 0.1) is 6.92 Å². The number of hydrogen-bond donors (Lipinski definition) is 4. The first-order chi connectivity index (χ1) is 18.9. The van der Waals surface area contributed by atoms with E-state index in [9.17, 15) is 14.7 Å². The summed E-state index contributed by atoms with van der Waals surface area (Å²) in [7, 11) is 0. The smallest absolute Gasteiger partial charge is 0.319 e. The lowest BCUT2D eigenvalue weighted by atomic mass is 10.1. The Bertz CT molecular complexity index is 1310. The van der Waals surface area contributed by atoms with Crippen molar-refractivity contribution in [2.45, 2.75) is 39.7 Å². The molecule has 3 amide bonds. The van der Waals surface area contributed by atoms with Crippen LogP contribution in [0.2, 0.25) is 0 Å². The van der Waals surface area contributed by atoms with Gasteiger partial charge in [0.15, 0.2) is 0 Å². The normalized spacial score (nSPS) is 14.2. The van der Waals surface area contributed by atoms with E-state index in [1.807, 2.05) is 26.8 Å². The number of rotatable bonds is 11. The molecule has 0 saturated carbocycles. The number of aryl methyl sites for hydroxylation is 1. The van der Waals surface area contributed by atoms with Gasteiger partial charge in [-0.05, 0) is 82.6 Å². The maximum absolute atomic E-state index is 13.0. The third-order valence-electron chi connectivity index (χ3n) is 6.49. The summed E-state index contributed by atoms with van der Waals surface area (Å²) >= 11 is 0. The van der Waals surface area contributed by atoms with E-state index in [4.69, 9.17) is 9.47 Å². The second-order valence-electron chi connectivity index (χ2n) is 9.57. The highest BCUT2D eigenvalue weighted by Crippen LogP contribution is 2.34. The van der Waals surface area contributed by atoms with Gasteiger partial charge in [-0.1, -0.05) is 0 Å². The number of aliphatic hydroxyl groups excluding tert-OH is 1. The minimum atomic E-state index is -0.669. The zero-order valence-electron chi connectivity index (χ0n) is 22.8. The van der Waals surface area contributed by atoms with Gasteiger partial charge >= 0.3 is 6.03 Å². The molecule has 1 aromatic heterocycles. The fourth-order valence-electron chi connectivity index (χ4n) is 4.59. The summed E-state index contributed by atoms with van der Waals surface area (Å²) in [6.45, 7) is 9.15. The second-order valence-corrected chi connectivity index (χ2v) is 9.57. The summed E-state index contributed by atoms with van der Waals surface area (Å²) in [6, 6.07) is 10.3. The molecule has 4 N–H and O–H groups in total. The van der Waals surface area contributed by atoms with Crippen LogP contribution >= 0.6 is 0 Å². The monoisotopic (exact) mass is 535 g/mol. The zero-order valence-corrected chi connectivity index (χ0v) is 22.8. The molecule has 4 rings (SSSR count). The van der Waals surface area contributed by atoms with Crippen LogP contribution in [0.5, 0.6) is 17.2 Å². The first-order valence-electron chi connectivity index (χ1n) is 13.5. The molecule has 2 aromatic carbocycles. The number of aromatic nitrogens is 1. The van der Waals surface area contributed by atoms with Gasteiger partial charge in [-0.15, -0.1) is 0 Å². The summed E-state index contributed by atoms with van der Waals surface area (Å²) in [6.07, 6.45) is 3.25. The fraction of sp³-hybridized carbons (Fsp3) is 0.414. The van der Waals surface area contributed by atoms with Crippen molar-refractivity contribution in [2.24, 2.45) is 0 Å². The van der Waals surface area contributed by atoms with Gasteiger partial charge in [0.2, 0.25) is 0 Å². The highest BCUT2D eigenvalue weighted by molar-refractivity contribution is 6.02. The van der Waals surface area contributed by atoms with Gasteiger partial charge < -0.3 is 35.4 Å². The highest BCUT2D eigenvalue weighted by atomic mass is 16.5. The number of ether oxygens (including phenoxy) is 2. The number of urea groups is 1. The molecule has 1 fully saturated rings. The number of carbonyl (C=O) groups is 2. The standard InChI is InChI=1S/C29H37N5O5/c1-4-30-28(36)23-15-22-25(16-27(23)38-18-20(35)17-34-12-6-7-13-34)32-11-10-26(22)39-21-8-9-24(19(3)14-21)33-29(37)31-5-2/h8-11,14-16,20,35H,4-7,12-13,17-18H2,1-3H3,(H,30,36)(H2,31,33,37)/t20-/m1/s1. The number of anilines is 1. The van der Waals surface area contributed by atoms with Crippen LogP contribution in [-0.2, 0) is 0 Å². The number of benzene rings is 2. The number of carbonyl (C=O) groups excluding carboxylic acids is 2. The molecule has 1 atom stereocenters. The van der Waals surface area contributed by atoms with Crippen molar-refractivity contribution in [1.82, 2.24) is 20.5 Å². The molecular weight excluding hydrogens is 498 g/mol.